The molecule has 13 nitrogen and oxygen atoms in total. The Morgan fingerprint density at radius 3 is 2.23 bits per heavy atom. The van der Waals surface area contributed by atoms with Gasteiger partial charge in [0.2, 0.25) is 17.6 Å². The summed E-state index contributed by atoms with van der Waals surface area (Å²) in [5, 5.41) is 10.00. The van der Waals surface area contributed by atoms with Crippen molar-refractivity contribution in [3.8, 4) is 12.3 Å². The summed E-state index contributed by atoms with van der Waals surface area (Å²) in [6.07, 6.45) is 5.47. The number of fused-ring (bicyclic) bond motifs is 1. The van der Waals surface area contributed by atoms with Crippen LogP contribution in [0.1, 0.15) is 68.2 Å². The number of Topliss-reactive ketones (excluding diaryl/α,β-unsaturated/α-hetero) is 1. The van der Waals surface area contributed by atoms with Crippen molar-refractivity contribution in [3.05, 3.63) is 17.5 Å². The number of terminal acetylenes is 1. The van der Waals surface area contributed by atoms with E-state index in [4.69, 9.17) is 12.2 Å². The molecule has 0 spiro atoms. The second-order valence-corrected chi connectivity index (χ2v) is 18.7. The lowest BCUT2D eigenvalue weighted by atomic mass is 9.85. The topological polar surface area (TPSA) is 188 Å². The molecule has 1 aliphatic carbocycles. The molecule has 1 saturated heterocycles. The van der Waals surface area contributed by atoms with Crippen LogP contribution < -0.4 is 21.7 Å². The third-order valence-electron chi connectivity index (χ3n) is 9.55. The van der Waals surface area contributed by atoms with Gasteiger partial charge in [-0.3, -0.25) is 19.2 Å². The first-order chi connectivity index (χ1) is 22.0. The number of ketones is 1. The summed E-state index contributed by atoms with van der Waals surface area (Å²) < 4.78 is 27.6. The van der Waals surface area contributed by atoms with Crippen LogP contribution in [-0.4, -0.2) is 91.5 Å². The molecule has 2 fully saturated rings. The predicted octanol–water partition coefficient (Wildman–Crippen LogP) is 1.93. The number of rotatable bonds is 13. The van der Waals surface area contributed by atoms with Gasteiger partial charge in [0.05, 0.1) is 6.04 Å². The number of nitrogens with one attached hydrogen (secondary N) is 3. The van der Waals surface area contributed by atoms with E-state index in [1.807, 2.05) is 34.6 Å². The van der Waals surface area contributed by atoms with E-state index in [1.165, 1.54) is 22.3 Å². The van der Waals surface area contributed by atoms with Gasteiger partial charge in [-0.1, -0.05) is 61.5 Å². The number of carbonyl (C=O) groups excluding carboxylic acids is 5. The number of likely N-dealkylation sites (tertiary alicyclic amines) is 1. The van der Waals surface area contributed by atoms with E-state index >= 15 is 0 Å². The SMILES string of the molecule is C#CCCC(NC(=O)[C@@H]1[C@@H]2[C@H](CN1C(=O)[C@@H](NC(=O)N[C@H](CN(C)S(=O)(=O)c1cccs1)C(C)(C)C)C(C)(C)C)C2(C)C)C(=O)C(N)=O. The summed E-state index contributed by atoms with van der Waals surface area (Å²) in [7, 11) is -2.33. The van der Waals surface area contributed by atoms with Crippen molar-refractivity contribution in [2.75, 3.05) is 20.1 Å². The molecule has 15 heteroatoms. The highest BCUT2D eigenvalue weighted by Gasteiger charge is 2.70. The number of carbonyl (C=O) groups is 5. The zero-order chi connectivity index (χ0) is 36.6. The molecule has 1 saturated carbocycles. The Morgan fingerprint density at radius 1 is 1.10 bits per heavy atom. The molecule has 1 aromatic rings. The number of hydrogen-bond acceptors (Lipinski definition) is 8. The maximum atomic E-state index is 14.3. The van der Waals surface area contributed by atoms with Crippen molar-refractivity contribution in [2.45, 2.75) is 96.6 Å². The monoisotopic (exact) mass is 706 g/mol. The van der Waals surface area contributed by atoms with E-state index < -0.39 is 74.6 Å². The summed E-state index contributed by atoms with van der Waals surface area (Å²) >= 11 is 1.10. The van der Waals surface area contributed by atoms with E-state index in [9.17, 15) is 32.4 Å². The first-order valence-corrected chi connectivity index (χ1v) is 18.2. The van der Waals surface area contributed by atoms with Gasteiger partial charge in [0.15, 0.2) is 0 Å². The molecule has 6 atom stereocenters. The Morgan fingerprint density at radius 2 is 1.73 bits per heavy atom. The largest absolute Gasteiger partial charge is 0.363 e. The zero-order valence-corrected chi connectivity index (χ0v) is 30.9. The average Bonchev–Trinajstić information content (AvgIpc) is 3.43. The number of piperidine rings is 1. The van der Waals surface area contributed by atoms with Crippen molar-refractivity contribution in [2.24, 2.45) is 33.8 Å². The highest BCUT2D eigenvalue weighted by molar-refractivity contribution is 7.91. The van der Waals surface area contributed by atoms with Gasteiger partial charge >= 0.3 is 6.03 Å². The van der Waals surface area contributed by atoms with Gasteiger partial charge in [-0.25, -0.2) is 13.2 Å². The van der Waals surface area contributed by atoms with Crippen LogP contribution in [0.15, 0.2) is 21.7 Å². The molecule has 2 heterocycles. The smallest absolute Gasteiger partial charge is 0.315 e. The molecule has 1 aliphatic heterocycles. The Kier molecular flexibility index (Phi) is 11.5. The minimum atomic E-state index is -3.78. The van der Waals surface area contributed by atoms with Crippen molar-refractivity contribution in [1.29, 1.82) is 0 Å². The molecule has 2 aliphatic rings. The van der Waals surface area contributed by atoms with E-state index in [2.05, 4.69) is 21.9 Å². The van der Waals surface area contributed by atoms with Gasteiger partial charge in [0.25, 0.3) is 15.9 Å². The second kappa shape index (κ2) is 14.2. The number of hydrogen-bond donors (Lipinski definition) is 4. The van der Waals surface area contributed by atoms with Gasteiger partial charge < -0.3 is 26.6 Å². The Labute approximate surface area is 288 Å². The third-order valence-corrected chi connectivity index (χ3v) is 12.7. The molecular weight excluding hydrogens is 657 g/mol. The summed E-state index contributed by atoms with van der Waals surface area (Å²) in [5.41, 5.74) is 3.60. The van der Waals surface area contributed by atoms with Crippen LogP contribution in [0.25, 0.3) is 0 Å². The summed E-state index contributed by atoms with van der Waals surface area (Å²) in [4.78, 5) is 67.3. The number of nitrogens with two attached hydrogens (primary N) is 1. The molecule has 3 rings (SSSR count). The van der Waals surface area contributed by atoms with Gasteiger partial charge in [-0.15, -0.1) is 23.7 Å². The highest BCUT2D eigenvalue weighted by Crippen LogP contribution is 2.65. The molecule has 0 bridgehead atoms. The van der Waals surface area contributed by atoms with Crippen molar-refractivity contribution < 1.29 is 32.4 Å². The molecule has 5 N–H and O–H groups in total. The van der Waals surface area contributed by atoms with Crippen LogP contribution in [0.2, 0.25) is 0 Å². The zero-order valence-electron chi connectivity index (χ0n) is 29.2. The van der Waals surface area contributed by atoms with Crippen molar-refractivity contribution in [1.82, 2.24) is 25.2 Å². The fraction of sp³-hybridized carbons (Fsp3) is 0.667. The standard InChI is InChI=1S/C33H50N6O7S2/c1-11-12-14-20(25(40)27(34)41)35-28(42)24-23-19(33(23,8)9)17-39(24)29(43)26(32(5,6)7)37-30(44)36-21(31(2,3)4)18-38(10)48(45,46)22-15-13-16-47-22/h1,13,15-16,19-21,23-24,26H,12,14,17-18H2,2-10H3,(H2,34,41)(H,35,42)(H2,36,37,44)/t19-,20?,21+,23-,24-,26+/m0/s1. The quantitative estimate of drug-likeness (QED) is 0.178. The van der Waals surface area contributed by atoms with Crippen LogP contribution in [-0.2, 0) is 29.2 Å². The lowest BCUT2D eigenvalue weighted by Crippen LogP contribution is -2.62. The molecule has 266 valence electrons. The van der Waals surface area contributed by atoms with E-state index in [-0.39, 0.29) is 47.4 Å². The van der Waals surface area contributed by atoms with Crippen molar-refractivity contribution >= 4 is 50.9 Å². The minimum Gasteiger partial charge on any atom is -0.363 e. The third kappa shape index (κ3) is 8.38. The number of amides is 5. The van der Waals surface area contributed by atoms with Crippen LogP contribution in [0, 0.1) is 40.4 Å². The average molecular weight is 707 g/mol. The van der Waals surface area contributed by atoms with Gasteiger partial charge in [0.1, 0.15) is 16.3 Å². The first kappa shape index (κ1) is 39.0. The van der Waals surface area contributed by atoms with Crippen LogP contribution >= 0.6 is 11.3 Å². The summed E-state index contributed by atoms with van der Waals surface area (Å²) in [6.45, 7) is 15.2. The number of nitrogens with zero attached hydrogens (tertiary/aromatic N) is 2. The summed E-state index contributed by atoms with van der Waals surface area (Å²) in [5.74, 6) is -1.07. The van der Waals surface area contributed by atoms with Crippen molar-refractivity contribution in [3.63, 3.8) is 0 Å². The Balaban J connectivity index is 1.83. The number of urea groups is 1. The van der Waals surface area contributed by atoms with Gasteiger partial charge in [-0.05, 0) is 45.9 Å². The lowest BCUT2D eigenvalue weighted by Gasteiger charge is -2.39. The Bertz CT molecular complexity index is 1550. The molecule has 5 amide bonds. The number of primary amides is 1. The molecule has 1 aromatic heterocycles. The molecule has 0 radical (unpaired) electrons. The molecule has 48 heavy (non-hydrogen) atoms. The van der Waals surface area contributed by atoms with Crippen LogP contribution in [0.4, 0.5) is 4.79 Å². The highest BCUT2D eigenvalue weighted by atomic mass is 32.2. The van der Waals surface area contributed by atoms with E-state index in [1.54, 1.807) is 32.2 Å². The second-order valence-electron chi connectivity index (χ2n) is 15.5. The first-order valence-electron chi connectivity index (χ1n) is 15.9. The van der Waals surface area contributed by atoms with Gasteiger partial charge in [-0.2, -0.15) is 4.31 Å². The fourth-order valence-electron chi connectivity index (χ4n) is 6.34. The number of thiophene rings is 1. The van der Waals surface area contributed by atoms with E-state index in [0.29, 0.717) is 0 Å². The van der Waals surface area contributed by atoms with Gasteiger partial charge in [0, 0.05) is 32.6 Å². The van der Waals surface area contributed by atoms with Crippen LogP contribution in [0.5, 0.6) is 0 Å². The Hall–Kier alpha value is -3.48. The molecule has 0 aromatic carbocycles. The van der Waals surface area contributed by atoms with E-state index in [0.717, 1.165) is 11.3 Å². The maximum absolute atomic E-state index is 14.3. The normalized spacial score (nSPS) is 22.1. The number of likely N-dealkylation sites (N-methyl/N-ethyl adjacent to an activating group) is 1. The maximum Gasteiger partial charge on any atom is 0.315 e. The minimum absolute atomic E-state index is 0.00721. The molecular formula is C33H50N6O7S2. The number of sulfonamides is 1. The van der Waals surface area contributed by atoms with Crippen LogP contribution in [0.3, 0.4) is 0 Å². The summed E-state index contributed by atoms with van der Waals surface area (Å²) in [6, 6.07) is -1.41. The predicted molar refractivity (Wildman–Crippen MR) is 183 cm³/mol. The molecule has 1 unspecified atom stereocenters. The fourth-order valence-corrected chi connectivity index (χ4v) is 8.73. The lowest BCUT2D eigenvalue weighted by molar-refractivity contribution is -0.145.